The highest BCUT2D eigenvalue weighted by Crippen LogP contribution is 2.55. The zero-order chi connectivity index (χ0) is 16.8. The molecular weight excluding hydrogens is 286 g/mol. The maximum absolute atomic E-state index is 6.33. The summed E-state index contributed by atoms with van der Waals surface area (Å²) in [5.41, 5.74) is 7.52. The summed E-state index contributed by atoms with van der Waals surface area (Å²) in [6.45, 7) is 4.00. The highest BCUT2D eigenvalue weighted by atomic mass is 16.5. The van der Waals surface area contributed by atoms with Gasteiger partial charge in [-0.2, -0.15) is 0 Å². The molecule has 130 valence electrons. The van der Waals surface area contributed by atoms with Crippen LogP contribution in [-0.2, 0) is 6.42 Å². The van der Waals surface area contributed by atoms with Gasteiger partial charge in [0.05, 0.1) is 7.11 Å². The van der Waals surface area contributed by atoms with Crippen molar-refractivity contribution >= 4 is 0 Å². The van der Waals surface area contributed by atoms with E-state index in [0.717, 1.165) is 17.4 Å². The van der Waals surface area contributed by atoms with E-state index in [0.29, 0.717) is 12.0 Å². The molecule has 3 unspecified atom stereocenters. The van der Waals surface area contributed by atoms with Gasteiger partial charge in [-0.3, -0.25) is 0 Å². The molecule has 0 aromatic heterocycles. The predicted molar refractivity (Wildman–Crippen MR) is 96.5 cm³/mol. The van der Waals surface area contributed by atoms with Gasteiger partial charge in [0.2, 0.25) is 0 Å². The Balaban J connectivity index is 0.000000448. The third kappa shape index (κ3) is 3.35. The third-order valence-corrected chi connectivity index (χ3v) is 5.33. The van der Waals surface area contributed by atoms with Gasteiger partial charge in [0.15, 0.2) is 11.5 Å². The van der Waals surface area contributed by atoms with Crippen molar-refractivity contribution in [1.29, 1.82) is 0 Å². The summed E-state index contributed by atoms with van der Waals surface area (Å²) in [6.07, 6.45) is 9.70. The smallest absolute Gasteiger partial charge is 0.165 e. The molecule has 23 heavy (non-hydrogen) atoms. The number of hydrogen-bond acceptors (Lipinski definition) is 3. The standard InChI is InChI=1S/C17H22O2.C2H6.CH5N/c1-18-14-10-9-12-8-7-11-5-3-2-4-6-13-15(11)16(12)17(14)19-13;2*1-2/h9-11,13,15H,2-8H2,1H3;1-2H3;2H2,1H3. The lowest BCUT2D eigenvalue weighted by atomic mass is 9.69. The van der Waals surface area contributed by atoms with Crippen LogP contribution in [0.15, 0.2) is 12.1 Å². The lowest BCUT2D eigenvalue weighted by molar-refractivity contribution is 0.138. The van der Waals surface area contributed by atoms with Crippen LogP contribution < -0.4 is 15.2 Å². The third-order valence-electron chi connectivity index (χ3n) is 5.33. The Morgan fingerprint density at radius 1 is 1.04 bits per heavy atom. The van der Waals surface area contributed by atoms with Crippen LogP contribution in [0.3, 0.4) is 0 Å². The first-order valence-electron chi connectivity index (χ1n) is 9.32. The van der Waals surface area contributed by atoms with Gasteiger partial charge in [0.25, 0.3) is 0 Å². The molecule has 0 bridgehead atoms. The SMILES string of the molecule is CC.CN.COc1ccc2c3c1OC1CCCCCC(CC2)C31. The van der Waals surface area contributed by atoms with E-state index in [9.17, 15) is 0 Å². The molecule has 3 nitrogen and oxygen atoms in total. The lowest BCUT2D eigenvalue weighted by Crippen LogP contribution is -2.30. The number of methoxy groups -OCH3 is 1. The van der Waals surface area contributed by atoms with Gasteiger partial charge in [0.1, 0.15) is 6.10 Å². The van der Waals surface area contributed by atoms with E-state index in [1.165, 1.54) is 63.1 Å². The van der Waals surface area contributed by atoms with Crippen LogP contribution in [0.2, 0.25) is 0 Å². The second kappa shape index (κ2) is 8.58. The van der Waals surface area contributed by atoms with Gasteiger partial charge in [-0.05, 0) is 56.7 Å². The van der Waals surface area contributed by atoms with Crippen LogP contribution in [0.1, 0.15) is 69.4 Å². The van der Waals surface area contributed by atoms with E-state index in [2.05, 4.69) is 17.9 Å². The molecular formula is C20H33NO2. The van der Waals surface area contributed by atoms with Gasteiger partial charge >= 0.3 is 0 Å². The zero-order valence-corrected chi connectivity index (χ0v) is 15.2. The molecule has 1 heterocycles. The summed E-state index contributed by atoms with van der Waals surface area (Å²) in [4.78, 5) is 0. The molecule has 1 aromatic rings. The second-order valence-corrected chi connectivity index (χ2v) is 6.29. The number of hydrogen-bond donors (Lipinski definition) is 1. The maximum atomic E-state index is 6.33. The van der Waals surface area contributed by atoms with Crippen molar-refractivity contribution < 1.29 is 9.47 Å². The number of nitrogens with two attached hydrogens (primary N) is 1. The highest BCUT2D eigenvalue weighted by Gasteiger charge is 2.44. The van der Waals surface area contributed by atoms with Crippen molar-refractivity contribution in [1.82, 2.24) is 0 Å². The van der Waals surface area contributed by atoms with E-state index < -0.39 is 0 Å². The minimum absolute atomic E-state index is 0.413. The van der Waals surface area contributed by atoms with Crippen LogP contribution in [0, 0.1) is 5.92 Å². The molecule has 0 spiro atoms. The van der Waals surface area contributed by atoms with Crippen molar-refractivity contribution in [3.63, 3.8) is 0 Å². The van der Waals surface area contributed by atoms with Crippen LogP contribution >= 0.6 is 0 Å². The number of rotatable bonds is 1. The van der Waals surface area contributed by atoms with Gasteiger partial charge in [-0.1, -0.05) is 32.8 Å². The average Bonchev–Trinajstić information content (AvgIpc) is 2.98. The fourth-order valence-corrected chi connectivity index (χ4v) is 4.45. The summed E-state index contributed by atoms with van der Waals surface area (Å²) in [7, 11) is 3.25. The topological polar surface area (TPSA) is 44.5 Å². The largest absolute Gasteiger partial charge is 0.493 e. The van der Waals surface area contributed by atoms with E-state index in [-0.39, 0.29) is 0 Å². The van der Waals surface area contributed by atoms with E-state index in [4.69, 9.17) is 9.47 Å². The van der Waals surface area contributed by atoms with Crippen LogP contribution in [0.4, 0.5) is 0 Å². The summed E-state index contributed by atoms with van der Waals surface area (Å²) in [5, 5.41) is 0. The van der Waals surface area contributed by atoms with Crippen LogP contribution in [-0.4, -0.2) is 20.3 Å². The first-order valence-corrected chi connectivity index (χ1v) is 9.32. The van der Waals surface area contributed by atoms with Crippen LogP contribution in [0.5, 0.6) is 11.5 Å². The maximum Gasteiger partial charge on any atom is 0.165 e. The first kappa shape index (κ1) is 18.1. The van der Waals surface area contributed by atoms with E-state index >= 15 is 0 Å². The van der Waals surface area contributed by atoms with Crippen molar-refractivity contribution in [3.8, 4) is 11.5 Å². The molecule has 0 amide bonds. The fraction of sp³-hybridized carbons (Fsp3) is 0.700. The van der Waals surface area contributed by atoms with Crippen LogP contribution in [0.25, 0.3) is 0 Å². The van der Waals surface area contributed by atoms with E-state index in [1.807, 2.05) is 13.8 Å². The van der Waals surface area contributed by atoms with Crippen molar-refractivity contribution in [3.05, 3.63) is 23.3 Å². The van der Waals surface area contributed by atoms with Crippen molar-refractivity contribution in [2.45, 2.75) is 70.8 Å². The predicted octanol–water partition coefficient (Wildman–Crippen LogP) is 4.67. The Kier molecular flexibility index (Phi) is 6.76. The molecule has 3 aliphatic rings. The molecule has 3 heteroatoms. The summed E-state index contributed by atoms with van der Waals surface area (Å²) in [6, 6.07) is 4.35. The Morgan fingerprint density at radius 3 is 2.52 bits per heavy atom. The lowest BCUT2D eigenvalue weighted by Gasteiger charge is -2.34. The molecule has 1 aliphatic heterocycles. The van der Waals surface area contributed by atoms with Crippen molar-refractivity contribution in [2.75, 3.05) is 14.2 Å². The molecule has 1 aromatic carbocycles. The number of benzene rings is 1. The summed E-state index contributed by atoms with van der Waals surface area (Å²) < 4.78 is 11.8. The molecule has 2 N–H and O–H groups in total. The quantitative estimate of drug-likeness (QED) is 0.818. The Bertz CT molecular complexity index is 501. The highest BCUT2D eigenvalue weighted by molar-refractivity contribution is 5.56. The molecule has 4 rings (SSSR count). The minimum atomic E-state index is 0.413. The van der Waals surface area contributed by atoms with Gasteiger partial charge in [-0.25, -0.2) is 0 Å². The summed E-state index contributed by atoms with van der Waals surface area (Å²) >= 11 is 0. The summed E-state index contributed by atoms with van der Waals surface area (Å²) in [5.74, 6) is 3.49. The van der Waals surface area contributed by atoms with Gasteiger partial charge in [0, 0.05) is 11.5 Å². The zero-order valence-electron chi connectivity index (χ0n) is 15.2. The molecule has 2 aliphatic carbocycles. The second-order valence-electron chi connectivity index (χ2n) is 6.29. The molecule has 1 saturated carbocycles. The minimum Gasteiger partial charge on any atom is -0.493 e. The molecule has 0 radical (unpaired) electrons. The molecule has 3 atom stereocenters. The normalized spacial score (nSPS) is 26.9. The van der Waals surface area contributed by atoms with Crippen molar-refractivity contribution in [2.24, 2.45) is 11.7 Å². The average molecular weight is 319 g/mol. The fourth-order valence-electron chi connectivity index (χ4n) is 4.45. The Hall–Kier alpha value is -1.22. The Morgan fingerprint density at radius 2 is 1.78 bits per heavy atom. The first-order chi connectivity index (χ1) is 11.4. The number of ether oxygens (including phenoxy) is 2. The van der Waals surface area contributed by atoms with Gasteiger partial charge in [-0.15, -0.1) is 0 Å². The van der Waals surface area contributed by atoms with Gasteiger partial charge < -0.3 is 15.2 Å². The van der Waals surface area contributed by atoms with E-state index in [1.54, 1.807) is 7.11 Å². The molecule has 1 fully saturated rings. The Labute approximate surface area is 141 Å². The molecule has 0 saturated heterocycles. The number of aryl methyl sites for hydroxylation is 1. The monoisotopic (exact) mass is 319 g/mol.